The van der Waals surface area contributed by atoms with Crippen LogP contribution >= 0.6 is 0 Å². The second-order valence-electron chi connectivity index (χ2n) is 10.5. The molecule has 5 heterocycles. The van der Waals surface area contributed by atoms with Crippen molar-refractivity contribution in [3.05, 3.63) is 65.2 Å². The number of anilines is 1. The first-order chi connectivity index (χ1) is 19.9. The van der Waals surface area contributed by atoms with Gasteiger partial charge in [0.15, 0.2) is 5.65 Å². The van der Waals surface area contributed by atoms with Crippen LogP contribution < -0.4 is 9.64 Å². The van der Waals surface area contributed by atoms with Gasteiger partial charge in [0.1, 0.15) is 5.75 Å². The number of carbonyl (C=O) groups excluding carboxylic acids is 1. The maximum absolute atomic E-state index is 13.4. The van der Waals surface area contributed by atoms with Crippen molar-refractivity contribution in [1.82, 2.24) is 34.4 Å². The van der Waals surface area contributed by atoms with Crippen molar-refractivity contribution in [3.63, 3.8) is 0 Å². The van der Waals surface area contributed by atoms with Gasteiger partial charge < -0.3 is 19.6 Å². The van der Waals surface area contributed by atoms with Crippen molar-refractivity contribution in [1.29, 1.82) is 0 Å². The summed E-state index contributed by atoms with van der Waals surface area (Å²) in [5, 5.41) is 13.9. The third kappa shape index (κ3) is 4.27. The first-order valence-electron chi connectivity index (χ1n) is 13.6. The predicted octanol–water partition coefficient (Wildman–Crippen LogP) is 2.56. The summed E-state index contributed by atoms with van der Waals surface area (Å²) in [6.07, 6.45) is 5.80. The number of aromatic nitrogens is 5. The first-order valence-corrected chi connectivity index (χ1v) is 13.6. The van der Waals surface area contributed by atoms with Crippen molar-refractivity contribution >= 4 is 17.5 Å². The van der Waals surface area contributed by atoms with Crippen LogP contribution in [0.5, 0.6) is 5.75 Å². The molecule has 1 aromatic carbocycles. The molecule has 1 amide bonds. The molecule has 212 valence electrons. The molecule has 0 saturated carbocycles. The molecule has 4 aromatic rings. The van der Waals surface area contributed by atoms with Gasteiger partial charge in [0.05, 0.1) is 24.0 Å². The lowest BCUT2D eigenvalue weighted by Crippen LogP contribution is -2.47. The molecule has 3 aromatic heterocycles. The molecule has 0 radical (unpaired) electrons. The number of piperazine rings is 1. The van der Waals surface area contributed by atoms with Crippen molar-refractivity contribution in [2.45, 2.75) is 25.0 Å². The van der Waals surface area contributed by atoms with Crippen molar-refractivity contribution in [2.24, 2.45) is 0 Å². The summed E-state index contributed by atoms with van der Waals surface area (Å²) < 4.78 is 33.3. The molecule has 1 N–H and O–H groups in total. The standard InChI is InChI=1S/C28H28F2N8O3/c1-35-20-13-18(22-17(26(35)40)3-2-4-21(22)41-27(29)30)23-24(20)34-38-6-5-19(33-25(23)38)16-14-31-28(32-15-16)37-9-7-36(8-10-37)11-12-39/h2-6,14-15,18,20,27,39H,7-13H2,1H3. The molecule has 0 spiro atoms. The number of halogens is 2. The van der Waals surface area contributed by atoms with Crippen LogP contribution in [-0.2, 0) is 0 Å². The van der Waals surface area contributed by atoms with Crippen LogP contribution in [0.4, 0.5) is 14.7 Å². The molecule has 2 unspecified atom stereocenters. The summed E-state index contributed by atoms with van der Waals surface area (Å²) in [6.45, 7) is 1.04. The number of ether oxygens (including phenoxy) is 1. The Morgan fingerprint density at radius 3 is 2.61 bits per heavy atom. The minimum Gasteiger partial charge on any atom is -0.434 e. The molecule has 2 atom stereocenters. The van der Waals surface area contributed by atoms with Crippen LogP contribution in [-0.4, -0.2) is 98.4 Å². The highest BCUT2D eigenvalue weighted by Gasteiger charge is 2.46. The van der Waals surface area contributed by atoms with E-state index in [4.69, 9.17) is 14.8 Å². The second-order valence-corrected chi connectivity index (χ2v) is 10.5. The zero-order chi connectivity index (χ0) is 28.2. The van der Waals surface area contributed by atoms with Crippen LogP contribution in [0.15, 0.2) is 42.9 Å². The quantitative estimate of drug-likeness (QED) is 0.379. The number of aliphatic hydroxyl groups excluding tert-OH is 1. The van der Waals surface area contributed by atoms with Gasteiger partial charge in [0.25, 0.3) is 5.91 Å². The van der Waals surface area contributed by atoms with E-state index in [1.165, 1.54) is 6.07 Å². The van der Waals surface area contributed by atoms with Gasteiger partial charge in [-0.15, -0.1) is 0 Å². The monoisotopic (exact) mass is 562 g/mol. The van der Waals surface area contributed by atoms with E-state index in [0.717, 1.165) is 37.3 Å². The van der Waals surface area contributed by atoms with Crippen LogP contribution in [0.1, 0.15) is 45.6 Å². The lowest BCUT2D eigenvalue weighted by Gasteiger charge is -2.34. The molecule has 7 rings (SSSR count). The van der Waals surface area contributed by atoms with Crippen molar-refractivity contribution in [3.8, 4) is 17.0 Å². The third-order valence-electron chi connectivity index (χ3n) is 8.33. The molecule has 11 nitrogen and oxygen atoms in total. The average Bonchev–Trinajstić information content (AvgIpc) is 3.51. The van der Waals surface area contributed by atoms with Crippen LogP contribution in [0, 0.1) is 0 Å². The van der Waals surface area contributed by atoms with Gasteiger partial charge in [-0.05, 0) is 24.6 Å². The summed E-state index contributed by atoms with van der Waals surface area (Å²) in [6, 6.07) is 6.21. The summed E-state index contributed by atoms with van der Waals surface area (Å²) in [5.74, 6) is -0.00748. The van der Waals surface area contributed by atoms with Crippen LogP contribution in [0.3, 0.4) is 0 Å². The molecule has 2 bridgehead atoms. The minimum absolute atomic E-state index is 0.00515. The average molecular weight is 563 g/mol. The number of fused-ring (bicyclic) bond motifs is 9. The fourth-order valence-corrected chi connectivity index (χ4v) is 6.31. The normalized spacial score (nSPS) is 20.5. The van der Waals surface area contributed by atoms with E-state index in [1.54, 1.807) is 47.2 Å². The van der Waals surface area contributed by atoms with Gasteiger partial charge in [-0.25, -0.2) is 19.5 Å². The Bertz CT molecular complexity index is 1620. The molecule has 1 fully saturated rings. The summed E-state index contributed by atoms with van der Waals surface area (Å²) in [7, 11) is 1.71. The van der Waals surface area contributed by atoms with Crippen molar-refractivity contribution < 1.29 is 23.4 Å². The van der Waals surface area contributed by atoms with Gasteiger partial charge in [0, 0.05) is 86.5 Å². The van der Waals surface area contributed by atoms with E-state index in [9.17, 15) is 18.7 Å². The minimum atomic E-state index is -3.02. The van der Waals surface area contributed by atoms with Gasteiger partial charge in [-0.3, -0.25) is 9.69 Å². The summed E-state index contributed by atoms with van der Waals surface area (Å²) in [4.78, 5) is 33.4. The molecule has 1 saturated heterocycles. The lowest BCUT2D eigenvalue weighted by molar-refractivity contribution is -0.0505. The molecule has 13 heteroatoms. The molecule has 41 heavy (non-hydrogen) atoms. The molecular weight excluding hydrogens is 534 g/mol. The van der Waals surface area contributed by atoms with Gasteiger partial charge in [-0.2, -0.15) is 13.9 Å². The fraction of sp³-hybridized carbons (Fsp3) is 0.393. The maximum Gasteiger partial charge on any atom is 0.387 e. The van der Waals surface area contributed by atoms with Gasteiger partial charge >= 0.3 is 6.61 Å². The second kappa shape index (κ2) is 10.00. The number of amides is 1. The fourth-order valence-electron chi connectivity index (χ4n) is 6.31. The van der Waals surface area contributed by atoms with Gasteiger partial charge in [-0.1, -0.05) is 6.07 Å². The molecule has 3 aliphatic rings. The van der Waals surface area contributed by atoms with Crippen molar-refractivity contribution in [2.75, 3.05) is 51.3 Å². The highest BCUT2D eigenvalue weighted by atomic mass is 19.3. The Morgan fingerprint density at radius 1 is 1.10 bits per heavy atom. The number of rotatable bonds is 6. The third-order valence-corrected chi connectivity index (χ3v) is 8.33. The Hall–Kier alpha value is -4.23. The summed E-state index contributed by atoms with van der Waals surface area (Å²) in [5.41, 5.74) is 4.29. The highest BCUT2D eigenvalue weighted by molar-refractivity contribution is 5.98. The number of hydrogen-bond acceptors (Lipinski definition) is 9. The zero-order valence-electron chi connectivity index (χ0n) is 22.3. The number of β-amino-alcohol motifs (C(OH)–C–C–N with tert-alkyl or cyclic N) is 1. The zero-order valence-corrected chi connectivity index (χ0v) is 22.3. The first kappa shape index (κ1) is 25.7. The van der Waals surface area contributed by atoms with E-state index in [-0.39, 0.29) is 24.3 Å². The number of aliphatic hydroxyl groups is 1. The SMILES string of the molecule is CN1C(=O)c2cccc(OC(F)F)c2C2CC1c1nn3ccc(-c4cnc(N5CCN(CCO)CC5)nc4)nc3c12. The van der Waals surface area contributed by atoms with E-state index >= 15 is 0 Å². The number of nitrogens with zero attached hydrogens (tertiary/aromatic N) is 8. The Balaban J connectivity index is 1.25. The van der Waals surface area contributed by atoms with E-state index in [1.807, 2.05) is 6.07 Å². The number of benzene rings is 1. The Labute approximate surface area is 234 Å². The van der Waals surface area contributed by atoms with Crippen LogP contribution in [0.25, 0.3) is 16.9 Å². The molecular formula is C28H28F2N8O3. The molecule has 2 aliphatic heterocycles. The Morgan fingerprint density at radius 2 is 1.88 bits per heavy atom. The summed E-state index contributed by atoms with van der Waals surface area (Å²) >= 11 is 0. The largest absolute Gasteiger partial charge is 0.434 e. The lowest BCUT2D eigenvalue weighted by atomic mass is 9.89. The predicted molar refractivity (Wildman–Crippen MR) is 144 cm³/mol. The van der Waals surface area contributed by atoms with E-state index in [0.29, 0.717) is 47.1 Å². The van der Waals surface area contributed by atoms with Gasteiger partial charge in [0.2, 0.25) is 5.95 Å². The van der Waals surface area contributed by atoms with E-state index in [2.05, 4.69) is 19.8 Å². The number of hydrogen-bond donors (Lipinski definition) is 1. The Kier molecular flexibility index (Phi) is 6.27. The molecule has 1 aliphatic carbocycles. The topological polar surface area (TPSA) is 112 Å². The number of carbonyl (C=O) groups is 1. The van der Waals surface area contributed by atoms with Crippen LogP contribution in [0.2, 0.25) is 0 Å². The van der Waals surface area contributed by atoms with E-state index < -0.39 is 12.5 Å². The number of alkyl halides is 2. The smallest absolute Gasteiger partial charge is 0.387 e. The highest BCUT2D eigenvalue weighted by Crippen LogP contribution is 2.53. The maximum atomic E-state index is 13.4.